The zero-order valence-electron chi connectivity index (χ0n) is 17.0. The van der Waals surface area contributed by atoms with E-state index < -0.39 is 0 Å². The van der Waals surface area contributed by atoms with Crippen LogP contribution in [0.1, 0.15) is 15.9 Å². The van der Waals surface area contributed by atoms with E-state index in [1.54, 1.807) is 30.3 Å². The third kappa shape index (κ3) is 4.37. The summed E-state index contributed by atoms with van der Waals surface area (Å²) in [6.45, 7) is 0.587. The third-order valence-corrected chi connectivity index (χ3v) is 4.92. The van der Waals surface area contributed by atoms with Crippen LogP contribution in [0.3, 0.4) is 0 Å². The number of hydrogen-bond acceptors (Lipinski definition) is 6. The molecule has 0 saturated heterocycles. The number of ether oxygens (including phenoxy) is 3. The molecule has 0 aliphatic carbocycles. The van der Waals surface area contributed by atoms with Crippen molar-refractivity contribution in [1.29, 1.82) is 0 Å². The van der Waals surface area contributed by atoms with Crippen molar-refractivity contribution in [1.82, 2.24) is 15.3 Å². The summed E-state index contributed by atoms with van der Waals surface area (Å²) < 4.78 is 16.6. The molecule has 32 heavy (non-hydrogen) atoms. The fraction of sp³-hybridized carbons (Fsp3) is 0.0800. The standard InChI is InChI=1S/C25H19N3O4/c29-25(26-14-17-9-10-22-23(11-17)31-16-30-22)19-7-4-8-20(12-19)32-24-13-21(27-15-28-24)18-5-2-1-3-6-18/h1-13,15H,14,16H2,(H,26,29). The Kier molecular flexibility index (Phi) is 5.36. The topological polar surface area (TPSA) is 82.6 Å². The molecule has 0 spiro atoms. The van der Waals surface area contributed by atoms with Gasteiger partial charge in [0.15, 0.2) is 11.5 Å². The van der Waals surface area contributed by atoms with Crippen LogP contribution < -0.4 is 19.5 Å². The Hall–Kier alpha value is -4.39. The summed E-state index contributed by atoms with van der Waals surface area (Å²) in [5.74, 6) is 2.10. The van der Waals surface area contributed by atoms with Gasteiger partial charge >= 0.3 is 0 Å². The molecule has 7 heteroatoms. The van der Waals surface area contributed by atoms with Gasteiger partial charge in [-0.05, 0) is 35.9 Å². The smallest absolute Gasteiger partial charge is 0.251 e. The van der Waals surface area contributed by atoms with E-state index in [0.29, 0.717) is 35.2 Å². The van der Waals surface area contributed by atoms with Crippen LogP contribution in [0.4, 0.5) is 0 Å². The van der Waals surface area contributed by atoms with Crippen molar-refractivity contribution in [2.45, 2.75) is 6.54 Å². The SMILES string of the molecule is O=C(NCc1ccc2c(c1)OCO2)c1cccc(Oc2cc(-c3ccccc3)ncn2)c1. The predicted molar refractivity (Wildman–Crippen MR) is 118 cm³/mol. The Balaban J connectivity index is 1.26. The van der Waals surface area contributed by atoms with Crippen LogP contribution in [0, 0.1) is 0 Å². The number of benzene rings is 3. The van der Waals surface area contributed by atoms with Crippen LogP contribution in [-0.4, -0.2) is 22.7 Å². The monoisotopic (exact) mass is 425 g/mol. The highest BCUT2D eigenvalue weighted by Crippen LogP contribution is 2.32. The number of amides is 1. The molecular formula is C25H19N3O4. The molecule has 7 nitrogen and oxygen atoms in total. The average Bonchev–Trinajstić information content (AvgIpc) is 3.31. The lowest BCUT2D eigenvalue weighted by Crippen LogP contribution is -2.22. The van der Waals surface area contributed by atoms with Crippen molar-refractivity contribution in [2.24, 2.45) is 0 Å². The highest BCUT2D eigenvalue weighted by Gasteiger charge is 2.14. The van der Waals surface area contributed by atoms with E-state index >= 15 is 0 Å². The fourth-order valence-corrected chi connectivity index (χ4v) is 3.32. The van der Waals surface area contributed by atoms with Crippen molar-refractivity contribution < 1.29 is 19.0 Å². The van der Waals surface area contributed by atoms with Crippen LogP contribution in [0.25, 0.3) is 11.3 Å². The maximum absolute atomic E-state index is 12.6. The highest BCUT2D eigenvalue weighted by molar-refractivity contribution is 5.94. The molecule has 158 valence electrons. The van der Waals surface area contributed by atoms with Gasteiger partial charge in [-0.2, -0.15) is 0 Å². The Morgan fingerprint density at radius 3 is 2.69 bits per heavy atom. The van der Waals surface area contributed by atoms with Crippen molar-refractivity contribution >= 4 is 5.91 Å². The molecule has 3 aromatic carbocycles. The van der Waals surface area contributed by atoms with E-state index in [0.717, 1.165) is 16.8 Å². The van der Waals surface area contributed by atoms with Gasteiger partial charge in [0.2, 0.25) is 12.7 Å². The van der Waals surface area contributed by atoms with E-state index in [4.69, 9.17) is 14.2 Å². The Morgan fingerprint density at radius 2 is 1.78 bits per heavy atom. The molecule has 1 N–H and O–H groups in total. The second-order valence-electron chi connectivity index (χ2n) is 7.11. The first kappa shape index (κ1) is 19.6. The molecule has 5 rings (SSSR count). The Bertz CT molecular complexity index is 1260. The zero-order chi connectivity index (χ0) is 21.8. The van der Waals surface area contributed by atoms with Gasteiger partial charge in [-0.15, -0.1) is 0 Å². The molecule has 4 aromatic rings. The first-order valence-electron chi connectivity index (χ1n) is 10.1. The average molecular weight is 425 g/mol. The molecule has 1 aliphatic heterocycles. The summed E-state index contributed by atoms with van der Waals surface area (Å²) in [4.78, 5) is 21.1. The number of carbonyl (C=O) groups is 1. The number of nitrogens with one attached hydrogen (secondary N) is 1. The number of nitrogens with zero attached hydrogens (tertiary/aromatic N) is 2. The summed E-state index contributed by atoms with van der Waals surface area (Å²) in [5.41, 5.74) is 3.13. The van der Waals surface area contributed by atoms with Crippen LogP contribution in [-0.2, 0) is 6.54 Å². The first-order chi connectivity index (χ1) is 15.7. The second kappa shape index (κ2) is 8.77. The van der Waals surface area contributed by atoms with Gasteiger partial charge in [0, 0.05) is 23.7 Å². The second-order valence-corrected chi connectivity index (χ2v) is 7.11. The van der Waals surface area contributed by atoms with E-state index in [9.17, 15) is 4.79 Å². The predicted octanol–water partition coefficient (Wildman–Crippen LogP) is 4.59. The van der Waals surface area contributed by atoms with Crippen molar-refractivity contribution in [2.75, 3.05) is 6.79 Å². The van der Waals surface area contributed by atoms with Crippen molar-refractivity contribution in [3.63, 3.8) is 0 Å². The minimum absolute atomic E-state index is 0.208. The van der Waals surface area contributed by atoms with Crippen LogP contribution in [0.15, 0.2) is 85.2 Å². The lowest BCUT2D eigenvalue weighted by molar-refractivity contribution is 0.0950. The summed E-state index contributed by atoms with van der Waals surface area (Å²) >= 11 is 0. The van der Waals surface area contributed by atoms with Gasteiger partial charge < -0.3 is 19.5 Å². The minimum Gasteiger partial charge on any atom is -0.454 e. The Morgan fingerprint density at radius 1 is 0.906 bits per heavy atom. The molecule has 0 bridgehead atoms. The van der Waals surface area contributed by atoms with Crippen LogP contribution >= 0.6 is 0 Å². The van der Waals surface area contributed by atoms with Gasteiger partial charge in [-0.1, -0.05) is 42.5 Å². The number of carbonyl (C=O) groups excluding carboxylic acids is 1. The van der Waals surface area contributed by atoms with E-state index in [1.807, 2.05) is 48.5 Å². The largest absolute Gasteiger partial charge is 0.454 e. The summed E-state index contributed by atoms with van der Waals surface area (Å²) in [5, 5.41) is 2.91. The Labute approximate surface area is 184 Å². The summed E-state index contributed by atoms with van der Waals surface area (Å²) in [6, 6.07) is 24.1. The van der Waals surface area contributed by atoms with E-state index in [-0.39, 0.29) is 12.7 Å². The molecule has 0 unspecified atom stereocenters. The summed E-state index contributed by atoms with van der Waals surface area (Å²) in [7, 11) is 0. The first-order valence-corrected chi connectivity index (χ1v) is 10.1. The molecule has 1 amide bonds. The molecular weight excluding hydrogens is 406 g/mol. The molecule has 1 aromatic heterocycles. The lowest BCUT2D eigenvalue weighted by atomic mass is 10.1. The van der Waals surface area contributed by atoms with Gasteiger partial charge in [0.25, 0.3) is 5.91 Å². The number of fused-ring (bicyclic) bond motifs is 1. The van der Waals surface area contributed by atoms with Gasteiger partial charge in [0.1, 0.15) is 12.1 Å². The van der Waals surface area contributed by atoms with Gasteiger partial charge in [0.05, 0.1) is 5.69 Å². The van der Waals surface area contributed by atoms with E-state index in [2.05, 4.69) is 15.3 Å². The number of rotatable bonds is 6. The van der Waals surface area contributed by atoms with Crippen molar-refractivity contribution in [3.8, 4) is 34.4 Å². The number of aromatic nitrogens is 2. The third-order valence-electron chi connectivity index (χ3n) is 4.92. The molecule has 1 aliphatic rings. The van der Waals surface area contributed by atoms with Crippen molar-refractivity contribution in [3.05, 3.63) is 96.3 Å². The molecule has 0 atom stereocenters. The van der Waals surface area contributed by atoms with Gasteiger partial charge in [-0.25, -0.2) is 9.97 Å². The maximum Gasteiger partial charge on any atom is 0.251 e. The van der Waals surface area contributed by atoms with Gasteiger partial charge in [-0.3, -0.25) is 4.79 Å². The highest BCUT2D eigenvalue weighted by atomic mass is 16.7. The fourth-order valence-electron chi connectivity index (χ4n) is 3.32. The lowest BCUT2D eigenvalue weighted by Gasteiger charge is -2.09. The normalized spacial score (nSPS) is 11.8. The quantitative estimate of drug-likeness (QED) is 0.486. The zero-order valence-corrected chi connectivity index (χ0v) is 17.0. The minimum atomic E-state index is -0.208. The maximum atomic E-state index is 12.6. The van der Waals surface area contributed by atoms with Crippen LogP contribution in [0.5, 0.6) is 23.1 Å². The molecule has 0 fully saturated rings. The molecule has 2 heterocycles. The summed E-state index contributed by atoms with van der Waals surface area (Å²) in [6.07, 6.45) is 1.46. The molecule has 0 saturated carbocycles. The van der Waals surface area contributed by atoms with Crippen LogP contribution in [0.2, 0.25) is 0 Å². The van der Waals surface area contributed by atoms with E-state index in [1.165, 1.54) is 6.33 Å². The number of hydrogen-bond donors (Lipinski definition) is 1. The molecule has 0 radical (unpaired) electrons.